The predicted molar refractivity (Wildman–Crippen MR) is 129 cm³/mol. The third-order valence-corrected chi connectivity index (χ3v) is 5.94. The Hall–Kier alpha value is -3.50. The number of morpholine rings is 1. The summed E-state index contributed by atoms with van der Waals surface area (Å²) in [6.07, 6.45) is 0.0570. The van der Waals surface area contributed by atoms with Gasteiger partial charge in [0.15, 0.2) is 0 Å². The van der Waals surface area contributed by atoms with Crippen molar-refractivity contribution in [2.45, 2.75) is 26.1 Å². The monoisotopic (exact) mass is 422 g/mol. The van der Waals surface area contributed by atoms with E-state index in [0.29, 0.717) is 18.7 Å². The third-order valence-electron chi connectivity index (χ3n) is 5.94. The molecule has 0 spiro atoms. The topological polar surface area (TPSA) is 42.4 Å². The molecule has 2 heterocycles. The van der Waals surface area contributed by atoms with Gasteiger partial charge in [-0.15, -0.1) is 0 Å². The summed E-state index contributed by atoms with van der Waals surface area (Å²) in [6.45, 7) is 5.22. The summed E-state index contributed by atoms with van der Waals surface area (Å²) < 4.78 is 5.82. The van der Waals surface area contributed by atoms with E-state index in [4.69, 9.17) is 9.72 Å². The number of para-hydroxylation sites is 1. The minimum atomic E-state index is 0.0285. The van der Waals surface area contributed by atoms with Gasteiger partial charge in [-0.1, -0.05) is 72.8 Å². The summed E-state index contributed by atoms with van der Waals surface area (Å²) in [4.78, 5) is 20.3. The number of carbonyl (C=O) groups is 1. The molecule has 160 valence electrons. The minimum absolute atomic E-state index is 0.0285. The van der Waals surface area contributed by atoms with Gasteiger partial charge in [-0.25, -0.2) is 4.98 Å². The Bertz CT molecular complexity index is 1240. The Morgan fingerprint density at radius 2 is 1.41 bits per heavy atom. The third kappa shape index (κ3) is 4.02. The Labute approximate surface area is 188 Å². The highest BCUT2D eigenvalue weighted by Gasteiger charge is 2.28. The molecule has 1 aromatic heterocycles. The number of carbonyl (C=O) groups excluding carboxylic acids is 1. The van der Waals surface area contributed by atoms with E-state index < -0.39 is 0 Å². The lowest BCUT2D eigenvalue weighted by molar-refractivity contribution is -0.0585. The van der Waals surface area contributed by atoms with Crippen molar-refractivity contribution < 1.29 is 9.53 Å². The zero-order valence-electron chi connectivity index (χ0n) is 18.4. The second-order valence-corrected chi connectivity index (χ2v) is 8.48. The Balaban J connectivity index is 1.54. The lowest BCUT2D eigenvalue weighted by Crippen LogP contribution is -2.48. The van der Waals surface area contributed by atoms with Crippen LogP contribution in [0, 0.1) is 0 Å². The molecular formula is C28H26N2O2. The normalized spacial score (nSPS) is 18.6. The van der Waals surface area contributed by atoms with Crippen LogP contribution in [0.1, 0.15) is 24.2 Å². The number of pyridine rings is 1. The number of hydrogen-bond donors (Lipinski definition) is 0. The van der Waals surface area contributed by atoms with Gasteiger partial charge in [0.25, 0.3) is 5.91 Å². The van der Waals surface area contributed by atoms with Crippen LogP contribution in [0.3, 0.4) is 0 Å². The Morgan fingerprint density at radius 3 is 2.12 bits per heavy atom. The number of fused-ring (bicyclic) bond motifs is 1. The van der Waals surface area contributed by atoms with Gasteiger partial charge in [-0.2, -0.15) is 0 Å². The van der Waals surface area contributed by atoms with Gasteiger partial charge in [0.05, 0.1) is 29.0 Å². The summed E-state index contributed by atoms with van der Waals surface area (Å²) in [7, 11) is 0. The molecule has 1 amide bonds. The molecule has 2 atom stereocenters. The fraction of sp³-hybridized carbons (Fsp3) is 0.214. The van der Waals surface area contributed by atoms with Crippen LogP contribution in [0.2, 0.25) is 0 Å². The number of aromatic nitrogens is 1. The van der Waals surface area contributed by atoms with Crippen LogP contribution in [0.15, 0.2) is 84.9 Å². The highest BCUT2D eigenvalue weighted by atomic mass is 16.5. The van der Waals surface area contributed by atoms with Crippen molar-refractivity contribution in [1.82, 2.24) is 9.88 Å². The summed E-state index contributed by atoms with van der Waals surface area (Å²) in [5.74, 6) is 0.0350. The maximum Gasteiger partial charge on any atom is 0.254 e. The van der Waals surface area contributed by atoms with Gasteiger partial charge in [0.2, 0.25) is 0 Å². The van der Waals surface area contributed by atoms with E-state index in [1.54, 1.807) is 0 Å². The van der Waals surface area contributed by atoms with E-state index in [1.165, 1.54) is 5.56 Å². The average Bonchev–Trinajstić information content (AvgIpc) is 2.83. The molecule has 1 aliphatic heterocycles. The molecule has 5 rings (SSSR count). The molecule has 0 bridgehead atoms. The van der Waals surface area contributed by atoms with E-state index in [-0.39, 0.29) is 18.1 Å². The van der Waals surface area contributed by atoms with Gasteiger partial charge < -0.3 is 9.64 Å². The number of rotatable bonds is 3. The smallest absolute Gasteiger partial charge is 0.254 e. The number of ether oxygens (including phenoxy) is 1. The van der Waals surface area contributed by atoms with Gasteiger partial charge in [-0.3, -0.25) is 4.79 Å². The van der Waals surface area contributed by atoms with Gasteiger partial charge in [0, 0.05) is 24.0 Å². The van der Waals surface area contributed by atoms with Crippen molar-refractivity contribution in [2.75, 3.05) is 13.1 Å². The first-order valence-corrected chi connectivity index (χ1v) is 11.1. The summed E-state index contributed by atoms with van der Waals surface area (Å²) in [5, 5.41) is 0.883. The number of amides is 1. The van der Waals surface area contributed by atoms with Crippen molar-refractivity contribution in [3.8, 4) is 22.4 Å². The summed E-state index contributed by atoms with van der Waals surface area (Å²) in [6, 6.07) is 28.5. The predicted octanol–water partition coefficient (Wildman–Crippen LogP) is 5.82. The first kappa shape index (κ1) is 20.4. The maximum absolute atomic E-state index is 13.6. The first-order valence-electron chi connectivity index (χ1n) is 11.1. The number of benzene rings is 3. The highest BCUT2D eigenvalue weighted by molar-refractivity contribution is 6.07. The van der Waals surface area contributed by atoms with Crippen molar-refractivity contribution in [1.29, 1.82) is 0 Å². The molecule has 3 aromatic carbocycles. The van der Waals surface area contributed by atoms with E-state index in [2.05, 4.69) is 36.4 Å². The van der Waals surface area contributed by atoms with Crippen molar-refractivity contribution in [3.05, 3.63) is 90.5 Å². The zero-order chi connectivity index (χ0) is 22.1. The molecule has 4 aromatic rings. The Kier molecular flexibility index (Phi) is 5.46. The van der Waals surface area contributed by atoms with E-state index in [0.717, 1.165) is 27.7 Å². The first-order chi connectivity index (χ1) is 15.6. The largest absolute Gasteiger partial charge is 0.372 e. The van der Waals surface area contributed by atoms with Crippen molar-refractivity contribution in [2.24, 2.45) is 0 Å². The quantitative estimate of drug-likeness (QED) is 0.418. The fourth-order valence-electron chi connectivity index (χ4n) is 4.48. The molecule has 1 saturated heterocycles. The van der Waals surface area contributed by atoms with Crippen LogP contribution in [0.5, 0.6) is 0 Å². The van der Waals surface area contributed by atoms with E-state index >= 15 is 0 Å². The number of hydrogen-bond acceptors (Lipinski definition) is 3. The summed E-state index contributed by atoms with van der Waals surface area (Å²) in [5.41, 5.74) is 5.66. The van der Waals surface area contributed by atoms with Crippen molar-refractivity contribution in [3.63, 3.8) is 0 Å². The molecule has 0 radical (unpaired) electrons. The second kappa shape index (κ2) is 8.56. The van der Waals surface area contributed by atoms with Gasteiger partial charge in [0.1, 0.15) is 0 Å². The van der Waals surface area contributed by atoms with Crippen molar-refractivity contribution >= 4 is 16.8 Å². The molecule has 0 saturated carbocycles. The van der Waals surface area contributed by atoms with Crippen LogP contribution in [-0.2, 0) is 4.74 Å². The van der Waals surface area contributed by atoms with E-state index in [9.17, 15) is 4.79 Å². The average molecular weight is 423 g/mol. The molecule has 1 aliphatic rings. The van der Waals surface area contributed by atoms with E-state index in [1.807, 2.05) is 67.3 Å². The lowest BCUT2D eigenvalue weighted by atomic mass is 10.00. The molecule has 0 unspecified atom stereocenters. The molecule has 0 aliphatic carbocycles. The standard InChI is InChI=1S/C28H26N2O2/c1-19-17-30(18-20(2)32-19)28(31)25-16-27(29-26-11-7-6-10-24(25)26)23-14-12-22(13-15-23)21-8-4-3-5-9-21/h3-16,19-20H,17-18H2,1-2H3/t19-,20-/m1/s1. The van der Waals surface area contributed by atoms with Crippen LogP contribution < -0.4 is 0 Å². The summed E-state index contributed by atoms with van der Waals surface area (Å²) >= 11 is 0. The van der Waals surface area contributed by atoms with Crippen LogP contribution in [-0.4, -0.2) is 41.1 Å². The zero-order valence-corrected chi connectivity index (χ0v) is 18.4. The van der Waals surface area contributed by atoms with Gasteiger partial charge in [-0.05, 0) is 37.1 Å². The van der Waals surface area contributed by atoms with Gasteiger partial charge >= 0.3 is 0 Å². The Morgan fingerprint density at radius 1 is 0.812 bits per heavy atom. The minimum Gasteiger partial charge on any atom is -0.372 e. The second-order valence-electron chi connectivity index (χ2n) is 8.48. The molecule has 1 fully saturated rings. The lowest BCUT2D eigenvalue weighted by Gasteiger charge is -2.35. The molecule has 4 heteroatoms. The fourth-order valence-corrected chi connectivity index (χ4v) is 4.48. The van der Waals surface area contributed by atoms with Crippen LogP contribution >= 0.6 is 0 Å². The highest BCUT2D eigenvalue weighted by Crippen LogP contribution is 2.28. The molecule has 4 nitrogen and oxygen atoms in total. The molecule has 32 heavy (non-hydrogen) atoms. The SMILES string of the molecule is C[C@@H]1CN(C(=O)c2cc(-c3ccc(-c4ccccc4)cc3)nc3ccccc23)C[C@@H](C)O1. The number of nitrogens with zero attached hydrogens (tertiary/aromatic N) is 2. The van der Waals surface area contributed by atoms with Crippen LogP contribution in [0.4, 0.5) is 0 Å². The molecule has 0 N–H and O–H groups in total. The van der Waals surface area contributed by atoms with Crippen LogP contribution in [0.25, 0.3) is 33.3 Å². The maximum atomic E-state index is 13.6. The molecular weight excluding hydrogens is 396 g/mol.